The maximum absolute atomic E-state index is 15.2. The molecule has 4 aromatic carbocycles. The van der Waals surface area contributed by atoms with Gasteiger partial charge in [0.1, 0.15) is 41.2 Å². The quantitative estimate of drug-likeness (QED) is 0.116. The van der Waals surface area contributed by atoms with Gasteiger partial charge in [-0.3, -0.25) is 19.1 Å². The van der Waals surface area contributed by atoms with Crippen molar-refractivity contribution >= 4 is 5.78 Å². The van der Waals surface area contributed by atoms with E-state index in [0.29, 0.717) is 47.0 Å². The lowest BCUT2D eigenvalue weighted by atomic mass is 9.79. The highest BCUT2D eigenvalue weighted by atomic mass is 16.7. The number of methoxy groups -OCH3 is 3. The summed E-state index contributed by atoms with van der Waals surface area (Å²) in [6, 6.07) is 31.8. The molecule has 56 heavy (non-hydrogen) atoms. The van der Waals surface area contributed by atoms with Crippen molar-refractivity contribution in [3.63, 3.8) is 0 Å². The molecule has 0 spiro atoms. The number of aliphatic hydroxyl groups excluding tert-OH is 1. The minimum absolute atomic E-state index is 0.217. The number of aromatic nitrogens is 2. The number of nitrogens with zero attached hydrogens (tertiary/aromatic N) is 1. The Balaban J connectivity index is 1.44. The molecule has 6 atom stereocenters. The Labute approximate surface area is 323 Å². The van der Waals surface area contributed by atoms with Gasteiger partial charge in [0.15, 0.2) is 24.4 Å². The Bertz CT molecular complexity index is 2150. The maximum atomic E-state index is 15.2. The van der Waals surface area contributed by atoms with E-state index in [1.807, 2.05) is 54.6 Å². The number of carbonyl (C=O) groups excluding carboxylic acids is 1. The van der Waals surface area contributed by atoms with Gasteiger partial charge < -0.3 is 38.3 Å². The third-order valence-corrected chi connectivity index (χ3v) is 10.2. The van der Waals surface area contributed by atoms with E-state index in [-0.39, 0.29) is 5.56 Å². The normalized spacial score (nSPS) is 21.6. The van der Waals surface area contributed by atoms with Gasteiger partial charge in [-0.1, -0.05) is 66.7 Å². The number of hydrogen-bond acceptors (Lipinski definition) is 11. The highest BCUT2D eigenvalue weighted by Crippen LogP contribution is 2.45. The third-order valence-electron chi connectivity index (χ3n) is 10.2. The van der Waals surface area contributed by atoms with Gasteiger partial charge in [0, 0.05) is 24.4 Å². The molecule has 3 heterocycles. The Hall–Kier alpha value is -5.57. The van der Waals surface area contributed by atoms with Crippen molar-refractivity contribution in [2.24, 2.45) is 0 Å². The largest absolute Gasteiger partial charge is 0.497 e. The van der Waals surface area contributed by atoms with Gasteiger partial charge >= 0.3 is 5.69 Å². The summed E-state index contributed by atoms with van der Waals surface area (Å²) in [5.74, 6) is 1.08. The van der Waals surface area contributed by atoms with Crippen LogP contribution in [0.1, 0.15) is 52.5 Å². The molecule has 2 aliphatic heterocycles. The van der Waals surface area contributed by atoms with Crippen molar-refractivity contribution in [2.75, 3.05) is 27.9 Å². The first kappa shape index (κ1) is 38.7. The van der Waals surface area contributed by atoms with Gasteiger partial charge in [-0.25, -0.2) is 4.79 Å². The van der Waals surface area contributed by atoms with Crippen LogP contribution in [-0.2, 0) is 24.5 Å². The molecule has 7 rings (SSSR count). The highest BCUT2D eigenvalue weighted by Gasteiger charge is 2.55. The number of aromatic amines is 1. The third kappa shape index (κ3) is 7.77. The summed E-state index contributed by atoms with van der Waals surface area (Å²) in [4.78, 5) is 42.8. The number of carbonyl (C=O) groups is 1. The molecule has 2 N–H and O–H groups in total. The second-order valence-corrected chi connectivity index (χ2v) is 13.5. The average molecular weight is 765 g/mol. The fraction of sp³-hybridized carbons (Fsp3) is 0.326. The summed E-state index contributed by atoms with van der Waals surface area (Å²) in [5, 5.41) is 12.4. The van der Waals surface area contributed by atoms with Gasteiger partial charge in [-0.15, -0.1) is 0 Å². The summed E-state index contributed by atoms with van der Waals surface area (Å²) < 4.78 is 43.9. The van der Waals surface area contributed by atoms with Crippen LogP contribution in [0, 0.1) is 0 Å². The number of H-pyrrole nitrogens is 1. The average Bonchev–Trinajstić information content (AvgIpc) is 3.56. The molecule has 0 saturated carbocycles. The molecular formula is C43H44N2O11. The molecule has 292 valence electrons. The predicted molar refractivity (Wildman–Crippen MR) is 204 cm³/mol. The molecule has 2 aliphatic rings. The van der Waals surface area contributed by atoms with Crippen LogP contribution in [0.25, 0.3) is 0 Å². The lowest BCUT2D eigenvalue weighted by Gasteiger charge is -2.40. The molecule has 2 fully saturated rings. The molecule has 0 aliphatic carbocycles. The summed E-state index contributed by atoms with van der Waals surface area (Å²) >= 11 is 0. The Morgan fingerprint density at radius 2 is 1.45 bits per heavy atom. The first-order chi connectivity index (χ1) is 27.2. The van der Waals surface area contributed by atoms with Crippen molar-refractivity contribution < 1.29 is 43.1 Å². The topological polar surface area (TPSA) is 157 Å². The summed E-state index contributed by atoms with van der Waals surface area (Å²) in [6.07, 6.45) is -4.34. The smallest absolute Gasteiger partial charge is 0.330 e. The van der Waals surface area contributed by atoms with Crippen molar-refractivity contribution in [1.29, 1.82) is 0 Å². The fourth-order valence-corrected chi connectivity index (χ4v) is 7.35. The van der Waals surface area contributed by atoms with Crippen LogP contribution in [0.3, 0.4) is 0 Å². The summed E-state index contributed by atoms with van der Waals surface area (Å²) in [7, 11) is 4.64. The van der Waals surface area contributed by atoms with E-state index in [1.165, 1.54) is 19.4 Å². The number of ether oxygens (including phenoxy) is 7. The predicted octanol–water partition coefficient (Wildman–Crippen LogP) is 4.99. The molecule has 13 nitrogen and oxygen atoms in total. The van der Waals surface area contributed by atoms with Crippen LogP contribution in [0.15, 0.2) is 125 Å². The molecule has 0 amide bonds. The van der Waals surface area contributed by atoms with Gasteiger partial charge in [0.05, 0.1) is 21.3 Å². The molecule has 2 unspecified atom stereocenters. The van der Waals surface area contributed by atoms with Crippen molar-refractivity contribution in [3.8, 4) is 17.2 Å². The van der Waals surface area contributed by atoms with E-state index >= 15 is 4.79 Å². The van der Waals surface area contributed by atoms with E-state index < -0.39 is 59.6 Å². The van der Waals surface area contributed by atoms with E-state index in [9.17, 15) is 14.7 Å². The van der Waals surface area contributed by atoms with Crippen LogP contribution in [-0.4, -0.2) is 79.1 Å². The number of ketones is 1. The zero-order valence-electron chi connectivity index (χ0n) is 31.2. The fourth-order valence-electron chi connectivity index (χ4n) is 7.35. The lowest BCUT2D eigenvalue weighted by Crippen LogP contribution is -2.50. The van der Waals surface area contributed by atoms with Crippen LogP contribution in [0.2, 0.25) is 0 Å². The number of rotatable bonds is 14. The molecular weight excluding hydrogens is 720 g/mol. The van der Waals surface area contributed by atoms with Crippen LogP contribution >= 0.6 is 0 Å². The standard InChI is InChI=1S/C43H44N2O11/c1-50-31-19-15-29(16-20-31)43(28-11-5-4-6-12-28,30-17-21-32(51-2)22-18-30)56-39(36(47)27-10-9-13-33(26-27)52-3)38-37(48)40(54-35-14-7-8-25-53-35)41(55-38)45-24-23-34(46)44-42(45)49/h4-6,9-13,15-24,26,35,37-41,48H,7-8,14,25H2,1-3H3,(H,44,46,49)/t35?,37-,38+,39?,40-,41-/m1/s1. The van der Waals surface area contributed by atoms with Gasteiger partial charge in [-0.2, -0.15) is 0 Å². The van der Waals surface area contributed by atoms with Crippen LogP contribution in [0.5, 0.6) is 17.2 Å². The second-order valence-electron chi connectivity index (χ2n) is 13.5. The van der Waals surface area contributed by atoms with Gasteiger partial charge in [0.2, 0.25) is 0 Å². The monoisotopic (exact) mass is 764 g/mol. The highest BCUT2D eigenvalue weighted by molar-refractivity contribution is 6.00. The van der Waals surface area contributed by atoms with Crippen molar-refractivity contribution in [1.82, 2.24) is 9.55 Å². The Morgan fingerprint density at radius 1 is 0.804 bits per heavy atom. The van der Waals surface area contributed by atoms with Crippen molar-refractivity contribution in [3.05, 3.63) is 158 Å². The zero-order chi connectivity index (χ0) is 39.2. The van der Waals surface area contributed by atoms with E-state index in [4.69, 9.17) is 33.2 Å². The first-order valence-electron chi connectivity index (χ1n) is 18.4. The molecule has 5 aromatic rings. The van der Waals surface area contributed by atoms with Crippen LogP contribution in [0.4, 0.5) is 0 Å². The summed E-state index contributed by atoms with van der Waals surface area (Å²) in [5.41, 5.74) is -0.810. The van der Waals surface area contributed by atoms with Crippen LogP contribution < -0.4 is 25.5 Å². The SMILES string of the molecule is COc1ccc(C(OC(C(=O)c2cccc(OC)c2)[C@H]2O[C@@H](n3ccc(=O)[nH]c3=O)[C@H](OC3CCCCO3)[C@@H]2O)(c2ccccc2)c2ccc(OC)cc2)cc1. The number of hydrogen-bond donors (Lipinski definition) is 2. The number of benzene rings is 4. The van der Waals surface area contributed by atoms with E-state index in [2.05, 4.69) is 4.98 Å². The second kappa shape index (κ2) is 17.1. The summed E-state index contributed by atoms with van der Waals surface area (Å²) in [6.45, 7) is 0.449. The molecule has 13 heteroatoms. The van der Waals surface area contributed by atoms with E-state index in [0.717, 1.165) is 17.4 Å². The van der Waals surface area contributed by atoms with Gasteiger partial charge in [0.25, 0.3) is 5.56 Å². The van der Waals surface area contributed by atoms with Gasteiger partial charge in [-0.05, 0) is 72.4 Å². The maximum Gasteiger partial charge on any atom is 0.330 e. The molecule has 0 bridgehead atoms. The molecule has 0 radical (unpaired) electrons. The molecule has 2 saturated heterocycles. The number of nitrogens with one attached hydrogen (secondary N) is 1. The molecule has 1 aromatic heterocycles. The Morgan fingerprint density at radius 3 is 2.04 bits per heavy atom. The minimum Gasteiger partial charge on any atom is -0.497 e. The Kier molecular flexibility index (Phi) is 11.8. The minimum atomic E-state index is -1.57. The van der Waals surface area contributed by atoms with Crippen molar-refractivity contribution in [2.45, 2.75) is 61.8 Å². The zero-order valence-corrected chi connectivity index (χ0v) is 31.2. The number of Topliss-reactive ketones (excluding diaryl/α,β-unsaturated/α-hetero) is 1. The van der Waals surface area contributed by atoms with E-state index in [1.54, 1.807) is 62.8 Å². The first-order valence-corrected chi connectivity index (χ1v) is 18.4. The lowest BCUT2D eigenvalue weighted by molar-refractivity contribution is -0.215. The number of aliphatic hydroxyl groups is 1.